The summed E-state index contributed by atoms with van der Waals surface area (Å²) in [4.78, 5) is 9.09. The van der Waals surface area contributed by atoms with Gasteiger partial charge in [-0.1, -0.05) is 19.3 Å². The summed E-state index contributed by atoms with van der Waals surface area (Å²) in [6, 6.07) is 0.536. The van der Waals surface area contributed by atoms with E-state index in [4.69, 9.17) is 5.73 Å². The van der Waals surface area contributed by atoms with Crippen molar-refractivity contribution in [3.8, 4) is 0 Å². The summed E-state index contributed by atoms with van der Waals surface area (Å²) in [5, 5.41) is 0. The van der Waals surface area contributed by atoms with Crippen molar-refractivity contribution < 1.29 is 0 Å². The molecule has 1 unspecified atom stereocenters. The monoisotopic (exact) mass is 268 g/mol. The number of hydrogen-bond donors (Lipinski definition) is 1. The molecule has 1 saturated carbocycles. The average molecular weight is 268 g/mol. The molecule has 0 aromatic rings. The van der Waals surface area contributed by atoms with E-state index in [0.29, 0.717) is 12.0 Å². The maximum atomic E-state index is 6.07. The number of nitrogens with zero attached hydrogens (tertiary/aromatic N) is 3. The molecule has 1 atom stereocenters. The lowest BCUT2D eigenvalue weighted by atomic mass is 9.83. The molecule has 0 aliphatic heterocycles. The number of aliphatic imine (C=N–C) groups is 1. The van der Waals surface area contributed by atoms with Crippen molar-refractivity contribution in [2.75, 3.05) is 33.7 Å². The van der Waals surface area contributed by atoms with E-state index in [0.717, 1.165) is 25.6 Å². The van der Waals surface area contributed by atoms with Crippen molar-refractivity contribution in [1.82, 2.24) is 9.80 Å². The second-order valence-electron chi connectivity index (χ2n) is 5.80. The topological polar surface area (TPSA) is 44.9 Å². The zero-order chi connectivity index (χ0) is 14.3. The second-order valence-corrected chi connectivity index (χ2v) is 5.80. The Hall–Kier alpha value is -0.770. The van der Waals surface area contributed by atoms with Gasteiger partial charge in [0, 0.05) is 19.1 Å². The van der Waals surface area contributed by atoms with Gasteiger partial charge in [0.1, 0.15) is 0 Å². The molecular weight excluding hydrogens is 236 g/mol. The normalized spacial score (nSPS) is 19.7. The molecule has 0 amide bonds. The Labute approximate surface area is 119 Å². The third-order valence-electron chi connectivity index (χ3n) is 4.39. The molecule has 112 valence electrons. The van der Waals surface area contributed by atoms with Gasteiger partial charge in [-0.3, -0.25) is 4.99 Å². The SMILES string of the molecule is CCN(CC)C(N)=NCC(C1CCCCC1)N(C)C. The highest BCUT2D eigenvalue weighted by Crippen LogP contribution is 2.28. The quantitative estimate of drug-likeness (QED) is 0.593. The van der Waals surface area contributed by atoms with Crippen molar-refractivity contribution >= 4 is 5.96 Å². The second kappa shape index (κ2) is 8.41. The Bertz CT molecular complexity index is 265. The number of nitrogens with two attached hydrogens (primary N) is 1. The van der Waals surface area contributed by atoms with Gasteiger partial charge in [0.2, 0.25) is 0 Å². The summed E-state index contributed by atoms with van der Waals surface area (Å²) in [6.45, 7) is 6.94. The Balaban J connectivity index is 2.60. The minimum absolute atomic E-state index is 0.536. The lowest BCUT2D eigenvalue weighted by Gasteiger charge is -2.34. The minimum Gasteiger partial charge on any atom is -0.370 e. The van der Waals surface area contributed by atoms with Gasteiger partial charge in [-0.25, -0.2) is 0 Å². The Kier molecular flexibility index (Phi) is 7.21. The van der Waals surface area contributed by atoms with Crippen molar-refractivity contribution in [2.24, 2.45) is 16.6 Å². The van der Waals surface area contributed by atoms with Gasteiger partial charge in [-0.15, -0.1) is 0 Å². The molecule has 1 fully saturated rings. The van der Waals surface area contributed by atoms with Crippen LogP contribution in [0, 0.1) is 5.92 Å². The van der Waals surface area contributed by atoms with Gasteiger partial charge in [-0.05, 0) is 46.7 Å². The van der Waals surface area contributed by atoms with E-state index in [9.17, 15) is 0 Å². The van der Waals surface area contributed by atoms with Crippen LogP contribution in [0.25, 0.3) is 0 Å². The molecule has 2 N–H and O–H groups in total. The molecule has 4 heteroatoms. The zero-order valence-electron chi connectivity index (χ0n) is 13.2. The van der Waals surface area contributed by atoms with Crippen LogP contribution in [-0.4, -0.2) is 55.5 Å². The zero-order valence-corrected chi connectivity index (χ0v) is 13.2. The molecule has 1 aliphatic rings. The van der Waals surface area contributed by atoms with E-state index in [1.54, 1.807) is 0 Å². The van der Waals surface area contributed by atoms with Gasteiger partial charge in [0.05, 0.1) is 6.54 Å². The fourth-order valence-corrected chi connectivity index (χ4v) is 3.09. The standard InChI is InChI=1S/C15H32N4/c1-5-19(6-2)15(16)17-12-14(18(3)4)13-10-8-7-9-11-13/h13-14H,5-12H2,1-4H3,(H2,16,17). The highest BCUT2D eigenvalue weighted by atomic mass is 15.2. The molecule has 1 aliphatic carbocycles. The van der Waals surface area contributed by atoms with E-state index in [-0.39, 0.29) is 0 Å². The maximum absolute atomic E-state index is 6.07. The van der Waals surface area contributed by atoms with Gasteiger partial charge < -0.3 is 15.5 Å². The highest BCUT2D eigenvalue weighted by Gasteiger charge is 2.25. The maximum Gasteiger partial charge on any atom is 0.191 e. The molecule has 0 aromatic carbocycles. The van der Waals surface area contributed by atoms with Crippen LogP contribution in [0.15, 0.2) is 4.99 Å². The van der Waals surface area contributed by atoms with Crippen molar-refractivity contribution in [3.05, 3.63) is 0 Å². The van der Waals surface area contributed by atoms with E-state index in [2.05, 4.69) is 42.7 Å². The van der Waals surface area contributed by atoms with Gasteiger partial charge in [0.25, 0.3) is 0 Å². The first kappa shape index (κ1) is 16.3. The summed E-state index contributed by atoms with van der Waals surface area (Å²) >= 11 is 0. The Morgan fingerprint density at radius 2 is 1.74 bits per heavy atom. The number of likely N-dealkylation sites (N-methyl/N-ethyl adjacent to an activating group) is 1. The first-order valence-corrected chi connectivity index (χ1v) is 7.81. The largest absolute Gasteiger partial charge is 0.370 e. The van der Waals surface area contributed by atoms with Crippen LogP contribution in [0.1, 0.15) is 46.0 Å². The molecule has 19 heavy (non-hydrogen) atoms. The third kappa shape index (κ3) is 5.01. The lowest BCUT2D eigenvalue weighted by Crippen LogP contribution is -2.41. The predicted molar refractivity (Wildman–Crippen MR) is 83.5 cm³/mol. The summed E-state index contributed by atoms with van der Waals surface area (Å²) in [5.74, 6) is 1.49. The minimum atomic E-state index is 0.536. The molecular formula is C15H32N4. The smallest absolute Gasteiger partial charge is 0.191 e. The number of guanidine groups is 1. The van der Waals surface area contributed by atoms with Crippen molar-refractivity contribution in [1.29, 1.82) is 0 Å². The van der Waals surface area contributed by atoms with Crippen LogP contribution in [0.2, 0.25) is 0 Å². The summed E-state index contributed by atoms with van der Waals surface area (Å²) in [7, 11) is 4.34. The summed E-state index contributed by atoms with van der Waals surface area (Å²) in [5.41, 5.74) is 6.07. The van der Waals surface area contributed by atoms with Gasteiger partial charge in [0.15, 0.2) is 5.96 Å². The van der Waals surface area contributed by atoms with Gasteiger partial charge >= 0.3 is 0 Å². The molecule has 0 saturated heterocycles. The molecule has 0 heterocycles. The Morgan fingerprint density at radius 3 is 2.21 bits per heavy atom. The average Bonchev–Trinajstić information content (AvgIpc) is 2.41. The number of hydrogen-bond acceptors (Lipinski definition) is 2. The van der Waals surface area contributed by atoms with E-state index >= 15 is 0 Å². The first-order valence-electron chi connectivity index (χ1n) is 7.81. The van der Waals surface area contributed by atoms with E-state index < -0.39 is 0 Å². The number of rotatable bonds is 6. The van der Waals surface area contributed by atoms with Crippen LogP contribution >= 0.6 is 0 Å². The third-order valence-corrected chi connectivity index (χ3v) is 4.39. The van der Waals surface area contributed by atoms with Crippen LogP contribution in [0.3, 0.4) is 0 Å². The molecule has 0 radical (unpaired) electrons. The van der Waals surface area contributed by atoms with Crippen LogP contribution in [0.5, 0.6) is 0 Å². The van der Waals surface area contributed by atoms with Crippen LogP contribution in [-0.2, 0) is 0 Å². The summed E-state index contributed by atoms with van der Waals surface area (Å²) < 4.78 is 0. The van der Waals surface area contributed by atoms with E-state index in [1.165, 1.54) is 32.1 Å². The fraction of sp³-hybridized carbons (Fsp3) is 0.933. The molecule has 0 aromatic heterocycles. The van der Waals surface area contributed by atoms with Crippen molar-refractivity contribution in [2.45, 2.75) is 52.0 Å². The lowest BCUT2D eigenvalue weighted by molar-refractivity contribution is 0.175. The predicted octanol–water partition coefficient (Wildman–Crippen LogP) is 2.15. The van der Waals surface area contributed by atoms with E-state index in [1.807, 2.05) is 0 Å². The summed E-state index contributed by atoms with van der Waals surface area (Å²) in [6.07, 6.45) is 6.86. The molecule has 0 spiro atoms. The highest BCUT2D eigenvalue weighted by molar-refractivity contribution is 5.78. The molecule has 0 bridgehead atoms. The van der Waals surface area contributed by atoms with Crippen LogP contribution in [0.4, 0.5) is 0 Å². The fourth-order valence-electron chi connectivity index (χ4n) is 3.09. The van der Waals surface area contributed by atoms with Crippen LogP contribution < -0.4 is 5.73 Å². The van der Waals surface area contributed by atoms with Crippen molar-refractivity contribution in [3.63, 3.8) is 0 Å². The van der Waals surface area contributed by atoms with Gasteiger partial charge in [-0.2, -0.15) is 0 Å². The Morgan fingerprint density at radius 1 is 1.16 bits per heavy atom. The molecule has 4 nitrogen and oxygen atoms in total. The molecule has 1 rings (SSSR count). The first-order chi connectivity index (χ1) is 9.10.